The molecule has 1 amide bonds. The van der Waals surface area contributed by atoms with Crippen LogP contribution in [0.25, 0.3) is 0 Å². The number of rotatable bonds is 7. The molecule has 1 aliphatic carbocycles. The number of carbonyl (C=O) groups is 1. The molecular weight excluding hydrogens is 324 g/mol. The summed E-state index contributed by atoms with van der Waals surface area (Å²) in [4.78, 5) is 14.4. The molecule has 0 bridgehead atoms. The Bertz CT molecular complexity index is 546. The van der Waals surface area contributed by atoms with E-state index >= 15 is 0 Å². The van der Waals surface area contributed by atoms with E-state index in [-0.39, 0.29) is 12.0 Å². The SMILES string of the molecule is COCCn1nnnc1[C@H]1CN(CC(=O)NC2CCCCC2)CCO1. The number of carbonyl (C=O) groups excluding carboxylic acids is 1. The highest BCUT2D eigenvalue weighted by Gasteiger charge is 2.28. The van der Waals surface area contributed by atoms with Crippen molar-refractivity contribution >= 4 is 5.91 Å². The molecule has 1 aromatic rings. The van der Waals surface area contributed by atoms with Gasteiger partial charge in [0, 0.05) is 26.2 Å². The summed E-state index contributed by atoms with van der Waals surface area (Å²) in [5.41, 5.74) is 0. The zero-order chi connectivity index (χ0) is 17.5. The summed E-state index contributed by atoms with van der Waals surface area (Å²) in [6.45, 7) is 3.45. The van der Waals surface area contributed by atoms with Crippen molar-refractivity contribution in [2.75, 3.05) is 40.0 Å². The monoisotopic (exact) mass is 352 g/mol. The second-order valence-electron chi connectivity index (χ2n) is 6.75. The van der Waals surface area contributed by atoms with Crippen molar-refractivity contribution in [1.82, 2.24) is 30.4 Å². The molecule has 1 N–H and O–H groups in total. The van der Waals surface area contributed by atoms with Crippen molar-refractivity contribution in [3.8, 4) is 0 Å². The Balaban J connectivity index is 1.50. The number of morpholine rings is 1. The predicted molar refractivity (Wildman–Crippen MR) is 89.8 cm³/mol. The number of amides is 1. The van der Waals surface area contributed by atoms with Crippen molar-refractivity contribution < 1.29 is 14.3 Å². The highest BCUT2D eigenvalue weighted by atomic mass is 16.5. The fourth-order valence-electron chi connectivity index (χ4n) is 3.50. The lowest BCUT2D eigenvalue weighted by atomic mass is 9.95. The average molecular weight is 352 g/mol. The summed E-state index contributed by atoms with van der Waals surface area (Å²) in [6, 6.07) is 0.347. The molecule has 0 aromatic carbocycles. The van der Waals surface area contributed by atoms with Crippen molar-refractivity contribution in [2.45, 2.75) is 50.8 Å². The van der Waals surface area contributed by atoms with Crippen LogP contribution >= 0.6 is 0 Å². The third kappa shape index (κ3) is 5.20. The smallest absolute Gasteiger partial charge is 0.234 e. The molecule has 1 saturated carbocycles. The molecule has 2 fully saturated rings. The number of hydrogen-bond donors (Lipinski definition) is 1. The number of nitrogens with one attached hydrogen (secondary N) is 1. The van der Waals surface area contributed by atoms with Crippen molar-refractivity contribution in [1.29, 1.82) is 0 Å². The first-order valence-electron chi connectivity index (χ1n) is 9.14. The van der Waals surface area contributed by atoms with E-state index in [4.69, 9.17) is 9.47 Å². The Morgan fingerprint density at radius 3 is 3.00 bits per heavy atom. The second kappa shape index (κ2) is 9.21. The van der Waals surface area contributed by atoms with Crippen molar-refractivity contribution in [2.24, 2.45) is 0 Å². The first-order chi connectivity index (χ1) is 12.3. The molecule has 25 heavy (non-hydrogen) atoms. The van der Waals surface area contributed by atoms with E-state index < -0.39 is 0 Å². The molecule has 0 unspecified atom stereocenters. The fraction of sp³-hybridized carbons (Fsp3) is 0.875. The van der Waals surface area contributed by atoms with E-state index in [1.54, 1.807) is 11.8 Å². The van der Waals surface area contributed by atoms with Gasteiger partial charge in [0.2, 0.25) is 5.91 Å². The van der Waals surface area contributed by atoms with Crippen LogP contribution in [-0.4, -0.2) is 77.0 Å². The van der Waals surface area contributed by atoms with E-state index in [2.05, 4.69) is 25.7 Å². The lowest BCUT2D eigenvalue weighted by molar-refractivity contribution is -0.125. The van der Waals surface area contributed by atoms with Crippen LogP contribution in [0.5, 0.6) is 0 Å². The molecule has 140 valence electrons. The fourth-order valence-corrected chi connectivity index (χ4v) is 3.50. The Morgan fingerprint density at radius 2 is 2.20 bits per heavy atom. The molecule has 0 spiro atoms. The van der Waals surface area contributed by atoms with Gasteiger partial charge in [-0.05, 0) is 23.3 Å². The lowest BCUT2D eigenvalue weighted by Crippen LogP contribution is -2.47. The number of ether oxygens (including phenoxy) is 2. The molecule has 9 heteroatoms. The van der Waals surface area contributed by atoms with Gasteiger partial charge in [-0.25, -0.2) is 4.68 Å². The van der Waals surface area contributed by atoms with Gasteiger partial charge in [-0.2, -0.15) is 0 Å². The first-order valence-corrected chi connectivity index (χ1v) is 9.14. The molecule has 2 aliphatic rings. The van der Waals surface area contributed by atoms with Gasteiger partial charge in [-0.3, -0.25) is 9.69 Å². The van der Waals surface area contributed by atoms with Crippen molar-refractivity contribution in [3.05, 3.63) is 5.82 Å². The van der Waals surface area contributed by atoms with E-state index in [0.717, 1.165) is 19.4 Å². The second-order valence-corrected chi connectivity index (χ2v) is 6.75. The molecule has 3 rings (SSSR count). The van der Waals surface area contributed by atoms with Crippen LogP contribution < -0.4 is 5.32 Å². The average Bonchev–Trinajstić information content (AvgIpc) is 3.09. The number of aromatic nitrogens is 4. The van der Waals surface area contributed by atoms with Gasteiger partial charge in [0.05, 0.1) is 26.3 Å². The quantitative estimate of drug-likeness (QED) is 0.746. The van der Waals surface area contributed by atoms with Gasteiger partial charge in [0.25, 0.3) is 0 Å². The standard InChI is InChI=1S/C16H28N6O3/c1-24-9-8-22-16(18-19-20-22)14-11-21(7-10-25-14)12-15(23)17-13-5-3-2-4-6-13/h13-14H,2-12H2,1H3,(H,17,23)/t14-/m1/s1. The van der Waals surface area contributed by atoms with Gasteiger partial charge in [0.15, 0.2) is 5.82 Å². The first kappa shape index (κ1) is 18.2. The summed E-state index contributed by atoms with van der Waals surface area (Å²) in [6.07, 6.45) is 5.71. The van der Waals surface area contributed by atoms with E-state index in [1.807, 2.05) is 0 Å². The molecule has 1 aliphatic heterocycles. The summed E-state index contributed by atoms with van der Waals surface area (Å²) < 4.78 is 12.6. The minimum absolute atomic E-state index is 0.103. The number of hydrogen-bond acceptors (Lipinski definition) is 7. The van der Waals surface area contributed by atoms with E-state index in [1.165, 1.54) is 19.3 Å². The predicted octanol–water partition coefficient (Wildman–Crippen LogP) is 0.142. The van der Waals surface area contributed by atoms with Gasteiger partial charge >= 0.3 is 0 Å². The van der Waals surface area contributed by atoms with Crippen LogP contribution in [-0.2, 0) is 20.8 Å². The number of tetrazole rings is 1. The zero-order valence-electron chi connectivity index (χ0n) is 14.9. The number of nitrogens with zero attached hydrogens (tertiary/aromatic N) is 5. The Labute approximate surface area is 148 Å². The van der Waals surface area contributed by atoms with Crippen LogP contribution in [0.1, 0.15) is 44.0 Å². The molecule has 0 radical (unpaired) electrons. The third-order valence-corrected chi connectivity index (χ3v) is 4.84. The Hall–Kier alpha value is -1.58. The highest BCUT2D eigenvalue weighted by molar-refractivity contribution is 5.78. The number of methoxy groups -OCH3 is 1. The summed E-state index contributed by atoms with van der Waals surface area (Å²) in [5, 5.41) is 15.0. The summed E-state index contributed by atoms with van der Waals surface area (Å²) >= 11 is 0. The molecule has 1 saturated heterocycles. The van der Waals surface area contributed by atoms with Crippen LogP contribution in [0.3, 0.4) is 0 Å². The van der Waals surface area contributed by atoms with Crippen LogP contribution in [0.4, 0.5) is 0 Å². The third-order valence-electron chi connectivity index (χ3n) is 4.84. The van der Waals surface area contributed by atoms with Gasteiger partial charge < -0.3 is 14.8 Å². The molecule has 2 heterocycles. The minimum atomic E-state index is -0.219. The maximum absolute atomic E-state index is 12.3. The van der Waals surface area contributed by atoms with Crippen LogP contribution in [0.15, 0.2) is 0 Å². The van der Waals surface area contributed by atoms with Crippen molar-refractivity contribution in [3.63, 3.8) is 0 Å². The largest absolute Gasteiger partial charge is 0.383 e. The van der Waals surface area contributed by atoms with E-state index in [9.17, 15) is 4.79 Å². The van der Waals surface area contributed by atoms with Gasteiger partial charge in [0.1, 0.15) is 6.10 Å². The van der Waals surface area contributed by atoms with Gasteiger partial charge in [-0.1, -0.05) is 19.3 Å². The zero-order valence-corrected chi connectivity index (χ0v) is 14.9. The maximum Gasteiger partial charge on any atom is 0.234 e. The van der Waals surface area contributed by atoms with Crippen LogP contribution in [0, 0.1) is 0 Å². The van der Waals surface area contributed by atoms with Crippen LogP contribution in [0.2, 0.25) is 0 Å². The Morgan fingerprint density at radius 1 is 1.36 bits per heavy atom. The summed E-state index contributed by atoms with van der Waals surface area (Å²) in [7, 11) is 1.65. The molecule has 9 nitrogen and oxygen atoms in total. The lowest BCUT2D eigenvalue weighted by Gasteiger charge is -2.32. The summed E-state index contributed by atoms with van der Waals surface area (Å²) in [5.74, 6) is 0.793. The molecule has 1 atom stereocenters. The molecular formula is C16H28N6O3. The minimum Gasteiger partial charge on any atom is -0.383 e. The molecule has 1 aromatic heterocycles. The normalized spacial score (nSPS) is 22.8. The highest BCUT2D eigenvalue weighted by Crippen LogP contribution is 2.20. The topological polar surface area (TPSA) is 94.4 Å². The maximum atomic E-state index is 12.3. The Kier molecular flexibility index (Phi) is 6.71. The van der Waals surface area contributed by atoms with E-state index in [0.29, 0.717) is 44.7 Å². The van der Waals surface area contributed by atoms with Gasteiger partial charge in [-0.15, -0.1) is 5.10 Å².